The molecule has 0 aliphatic heterocycles. The fraction of sp³-hybridized carbons (Fsp3) is 0.571. The smallest absolute Gasteiger partial charge is 0.112 e. The normalized spacial score (nSPS) is 16.4. The van der Waals surface area contributed by atoms with Gasteiger partial charge in [0.25, 0.3) is 0 Å². The SMILES string of the molecule is C[C@@H](N)C(O)c1cn(C)cn1. The van der Waals surface area contributed by atoms with Crippen molar-refractivity contribution in [1.82, 2.24) is 9.55 Å². The van der Waals surface area contributed by atoms with E-state index in [0.717, 1.165) is 0 Å². The molecule has 0 radical (unpaired) electrons. The fourth-order valence-electron chi connectivity index (χ4n) is 0.855. The number of aryl methyl sites for hydroxylation is 1. The number of nitrogens with two attached hydrogens (primary N) is 1. The van der Waals surface area contributed by atoms with Crippen molar-refractivity contribution in [2.45, 2.75) is 19.1 Å². The summed E-state index contributed by atoms with van der Waals surface area (Å²) in [6, 6.07) is -0.273. The molecule has 0 aromatic carbocycles. The van der Waals surface area contributed by atoms with Crippen LogP contribution < -0.4 is 5.73 Å². The zero-order chi connectivity index (χ0) is 8.43. The summed E-state index contributed by atoms with van der Waals surface area (Å²) < 4.78 is 1.78. The van der Waals surface area contributed by atoms with Crippen LogP contribution in [0.1, 0.15) is 18.7 Å². The van der Waals surface area contributed by atoms with Crippen LogP contribution in [0, 0.1) is 0 Å². The van der Waals surface area contributed by atoms with E-state index in [1.54, 1.807) is 24.0 Å². The summed E-state index contributed by atoms with van der Waals surface area (Å²) in [5.41, 5.74) is 6.11. The first-order valence-corrected chi connectivity index (χ1v) is 3.52. The van der Waals surface area contributed by atoms with E-state index in [4.69, 9.17) is 5.73 Å². The van der Waals surface area contributed by atoms with Crippen molar-refractivity contribution in [3.05, 3.63) is 18.2 Å². The third-order valence-corrected chi connectivity index (χ3v) is 1.53. The van der Waals surface area contributed by atoms with Gasteiger partial charge in [-0.3, -0.25) is 0 Å². The lowest BCUT2D eigenvalue weighted by molar-refractivity contribution is 0.149. The molecule has 0 saturated carbocycles. The molecule has 0 saturated heterocycles. The van der Waals surface area contributed by atoms with E-state index in [9.17, 15) is 5.11 Å². The summed E-state index contributed by atoms with van der Waals surface area (Å²) in [6.07, 6.45) is 2.74. The number of aromatic nitrogens is 2. The van der Waals surface area contributed by atoms with Crippen LogP contribution in [0.3, 0.4) is 0 Å². The summed E-state index contributed by atoms with van der Waals surface area (Å²) in [5.74, 6) is 0. The van der Waals surface area contributed by atoms with Crippen LogP contribution >= 0.6 is 0 Å². The maximum Gasteiger partial charge on any atom is 0.112 e. The van der Waals surface area contributed by atoms with Gasteiger partial charge in [0.1, 0.15) is 6.10 Å². The minimum atomic E-state index is -0.656. The fourth-order valence-corrected chi connectivity index (χ4v) is 0.855. The molecule has 11 heavy (non-hydrogen) atoms. The maximum absolute atomic E-state index is 9.41. The first kappa shape index (κ1) is 8.23. The zero-order valence-corrected chi connectivity index (χ0v) is 6.73. The lowest BCUT2D eigenvalue weighted by atomic mass is 10.1. The molecule has 4 heteroatoms. The Morgan fingerprint density at radius 2 is 2.36 bits per heavy atom. The van der Waals surface area contributed by atoms with Gasteiger partial charge in [0.2, 0.25) is 0 Å². The number of hydrogen-bond acceptors (Lipinski definition) is 3. The molecular formula is C7H13N3O. The van der Waals surface area contributed by atoms with Gasteiger partial charge < -0.3 is 15.4 Å². The summed E-state index contributed by atoms with van der Waals surface area (Å²) in [7, 11) is 1.85. The van der Waals surface area contributed by atoms with Crippen LogP contribution in [-0.2, 0) is 7.05 Å². The van der Waals surface area contributed by atoms with Crippen molar-refractivity contribution in [2.75, 3.05) is 0 Å². The van der Waals surface area contributed by atoms with Gasteiger partial charge in [-0.1, -0.05) is 0 Å². The summed E-state index contributed by atoms with van der Waals surface area (Å²) in [4.78, 5) is 3.97. The Hall–Kier alpha value is -0.870. The van der Waals surface area contributed by atoms with E-state index in [0.29, 0.717) is 5.69 Å². The maximum atomic E-state index is 9.41. The molecule has 2 atom stereocenters. The number of nitrogens with zero attached hydrogens (tertiary/aromatic N) is 2. The predicted octanol–water partition coefficient (Wildman–Crippen LogP) is -0.199. The average Bonchev–Trinajstić information content (AvgIpc) is 2.34. The molecule has 0 amide bonds. The highest BCUT2D eigenvalue weighted by Crippen LogP contribution is 2.11. The Labute approximate surface area is 65.7 Å². The topological polar surface area (TPSA) is 64.1 Å². The van der Waals surface area contributed by atoms with Crippen molar-refractivity contribution in [3.63, 3.8) is 0 Å². The van der Waals surface area contributed by atoms with Crippen molar-refractivity contribution >= 4 is 0 Å². The zero-order valence-electron chi connectivity index (χ0n) is 6.73. The molecule has 62 valence electrons. The highest BCUT2D eigenvalue weighted by Gasteiger charge is 2.13. The monoisotopic (exact) mass is 155 g/mol. The number of rotatable bonds is 2. The number of hydrogen-bond donors (Lipinski definition) is 2. The van der Waals surface area contributed by atoms with Gasteiger partial charge >= 0.3 is 0 Å². The molecule has 0 aliphatic rings. The Balaban J connectivity index is 2.76. The minimum Gasteiger partial charge on any atom is -0.385 e. The van der Waals surface area contributed by atoms with Crippen molar-refractivity contribution in [3.8, 4) is 0 Å². The van der Waals surface area contributed by atoms with Gasteiger partial charge in [-0.2, -0.15) is 0 Å². The molecular weight excluding hydrogens is 142 g/mol. The van der Waals surface area contributed by atoms with Crippen molar-refractivity contribution in [2.24, 2.45) is 12.8 Å². The Morgan fingerprint density at radius 3 is 2.73 bits per heavy atom. The van der Waals surface area contributed by atoms with Gasteiger partial charge in [0.05, 0.1) is 12.0 Å². The highest BCUT2D eigenvalue weighted by atomic mass is 16.3. The van der Waals surface area contributed by atoms with Crippen LogP contribution in [0.5, 0.6) is 0 Å². The number of imidazole rings is 1. The van der Waals surface area contributed by atoms with E-state index in [1.165, 1.54) is 0 Å². The summed E-state index contributed by atoms with van der Waals surface area (Å²) in [6.45, 7) is 1.75. The van der Waals surface area contributed by atoms with Gasteiger partial charge in [-0.05, 0) is 6.92 Å². The van der Waals surface area contributed by atoms with Crippen LogP contribution in [0.15, 0.2) is 12.5 Å². The number of aliphatic hydroxyl groups excluding tert-OH is 1. The average molecular weight is 155 g/mol. The second-order valence-corrected chi connectivity index (χ2v) is 2.77. The van der Waals surface area contributed by atoms with Crippen LogP contribution in [-0.4, -0.2) is 20.7 Å². The molecule has 0 bridgehead atoms. The predicted molar refractivity (Wildman–Crippen MR) is 41.8 cm³/mol. The summed E-state index contributed by atoms with van der Waals surface area (Å²) in [5, 5.41) is 9.41. The lowest BCUT2D eigenvalue weighted by Crippen LogP contribution is -2.24. The van der Waals surface area contributed by atoms with Gasteiger partial charge in [-0.15, -0.1) is 0 Å². The molecule has 1 aromatic rings. The highest BCUT2D eigenvalue weighted by molar-refractivity contribution is 5.02. The lowest BCUT2D eigenvalue weighted by Gasteiger charge is -2.10. The van der Waals surface area contributed by atoms with Crippen LogP contribution in [0.4, 0.5) is 0 Å². The Morgan fingerprint density at radius 1 is 1.73 bits per heavy atom. The minimum absolute atomic E-state index is 0.273. The Kier molecular flexibility index (Phi) is 2.26. The van der Waals surface area contributed by atoms with E-state index in [1.807, 2.05) is 7.05 Å². The van der Waals surface area contributed by atoms with Crippen LogP contribution in [0.2, 0.25) is 0 Å². The third kappa shape index (κ3) is 1.78. The van der Waals surface area contributed by atoms with Gasteiger partial charge in [-0.25, -0.2) is 4.98 Å². The molecule has 0 spiro atoms. The Bertz CT molecular complexity index is 231. The molecule has 1 heterocycles. The molecule has 0 aliphatic carbocycles. The second kappa shape index (κ2) is 3.02. The van der Waals surface area contributed by atoms with E-state index >= 15 is 0 Å². The molecule has 4 nitrogen and oxygen atoms in total. The molecule has 3 N–H and O–H groups in total. The summed E-state index contributed by atoms with van der Waals surface area (Å²) >= 11 is 0. The molecule has 0 fully saturated rings. The standard InChI is InChI=1S/C7H13N3O/c1-5(8)7(11)6-3-10(2)4-9-6/h3-5,7,11H,8H2,1-2H3/t5-,7?/m1/s1. The molecule has 1 rings (SSSR count). The molecule has 1 unspecified atom stereocenters. The first-order valence-electron chi connectivity index (χ1n) is 3.52. The quantitative estimate of drug-likeness (QED) is 0.621. The van der Waals surface area contributed by atoms with Gasteiger partial charge in [0.15, 0.2) is 0 Å². The van der Waals surface area contributed by atoms with Crippen molar-refractivity contribution in [1.29, 1.82) is 0 Å². The van der Waals surface area contributed by atoms with E-state index < -0.39 is 6.10 Å². The van der Waals surface area contributed by atoms with Crippen molar-refractivity contribution < 1.29 is 5.11 Å². The van der Waals surface area contributed by atoms with E-state index in [-0.39, 0.29) is 6.04 Å². The second-order valence-electron chi connectivity index (χ2n) is 2.77. The number of aliphatic hydroxyl groups is 1. The van der Waals surface area contributed by atoms with Crippen LogP contribution in [0.25, 0.3) is 0 Å². The largest absolute Gasteiger partial charge is 0.385 e. The van der Waals surface area contributed by atoms with Gasteiger partial charge in [0, 0.05) is 19.3 Å². The molecule has 1 aromatic heterocycles. The van der Waals surface area contributed by atoms with E-state index in [2.05, 4.69) is 4.98 Å². The third-order valence-electron chi connectivity index (χ3n) is 1.53. The first-order chi connectivity index (χ1) is 5.11.